The summed E-state index contributed by atoms with van der Waals surface area (Å²) >= 11 is 0. The van der Waals surface area contributed by atoms with Crippen molar-refractivity contribution in [2.45, 2.75) is 76.9 Å². The molecule has 0 aromatic heterocycles. The molecule has 162 valence electrons. The molecule has 0 saturated carbocycles. The molecule has 1 aromatic rings. The molecule has 8 heteroatoms. The van der Waals surface area contributed by atoms with E-state index in [1.807, 2.05) is 34.6 Å². The van der Waals surface area contributed by atoms with E-state index in [1.165, 1.54) is 28.6 Å². The number of hydrogen-bond acceptors (Lipinski definition) is 5. The van der Waals surface area contributed by atoms with Crippen molar-refractivity contribution in [2.75, 3.05) is 13.2 Å². The quantitative estimate of drug-likeness (QED) is 0.628. The highest BCUT2D eigenvalue weighted by molar-refractivity contribution is 7.89. The van der Waals surface area contributed by atoms with E-state index in [4.69, 9.17) is 4.74 Å². The maximum absolute atomic E-state index is 13.0. The maximum atomic E-state index is 13.0. The lowest BCUT2D eigenvalue weighted by Gasteiger charge is -2.32. The summed E-state index contributed by atoms with van der Waals surface area (Å²) in [5.41, 5.74) is 0.115. The molecular weight excluding hydrogens is 392 g/mol. The number of nitrogens with zero attached hydrogens (tertiary/aromatic N) is 2. The monoisotopic (exact) mass is 424 g/mol. The summed E-state index contributed by atoms with van der Waals surface area (Å²) in [6.45, 7) is 9.59. The molecule has 1 saturated heterocycles. The Morgan fingerprint density at radius 1 is 1.17 bits per heavy atom. The molecule has 1 aromatic carbocycles. The van der Waals surface area contributed by atoms with Gasteiger partial charge in [0, 0.05) is 24.7 Å². The molecule has 1 aliphatic heterocycles. The molecule has 0 N–H and O–H groups in total. The molecule has 7 nitrogen and oxygen atoms in total. The largest absolute Gasteiger partial charge is 0.452 e. The Morgan fingerprint density at radius 3 is 2.41 bits per heavy atom. The van der Waals surface area contributed by atoms with Crippen LogP contribution in [0.2, 0.25) is 0 Å². The van der Waals surface area contributed by atoms with Crippen LogP contribution in [0, 0.1) is 0 Å². The molecule has 2 rings (SSSR count). The lowest BCUT2D eigenvalue weighted by atomic mass is 10.1. The Hall–Kier alpha value is -1.93. The van der Waals surface area contributed by atoms with E-state index in [-0.39, 0.29) is 41.1 Å². The van der Waals surface area contributed by atoms with Gasteiger partial charge in [-0.15, -0.1) is 0 Å². The van der Waals surface area contributed by atoms with Crippen LogP contribution in [0.5, 0.6) is 0 Å². The second-order valence-electron chi connectivity index (χ2n) is 8.05. The summed E-state index contributed by atoms with van der Waals surface area (Å²) in [6.07, 6.45) is 2.66. The topological polar surface area (TPSA) is 84.0 Å². The van der Waals surface area contributed by atoms with Gasteiger partial charge in [-0.05, 0) is 65.7 Å². The Kier molecular flexibility index (Phi) is 7.82. The number of amides is 1. The van der Waals surface area contributed by atoms with Crippen LogP contribution < -0.4 is 0 Å². The number of esters is 1. The van der Waals surface area contributed by atoms with Gasteiger partial charge in [0.2, 0.25) is 10.0 Å². The third-order valence-electron chi connectivity index (χ3n) is 5.15. The zero-order valence-electron chi connectivity index (χ0n) is 17.9. The molecule has 1 fully saturated rings. The van der Waals surface area contributed by atoms with E-state index in [9.17, 15) is 18.0 Å². The summed E-state index contributed by atoms with van der Waals surface area (Å²) in [7, 11) is -3.68. The predicted octanol–water partition coefficient (Wildman–Crippen LogP) is 3.05. The summed E-state index contributed by atoms with van der Waals surface area (Å²) in [4.78, 5) is 26.5. The Bertz CT molecular complexity index is 827. The Labute approximate surface area is 174 Å². The van der Waals surface area contributed by atoms with Gasteiger partial charge >= 0.3 is 5.97 Å². The van der Waals surface area contributed by atoms with Gasteiger partial charge in [0.15, 0.2) is 6.61 Å². The van der Waals surface area contributed by atoms with Gasteiger partial charge in [0.05, 0.1) is 10.5 Å². The van der Waals surface area contributed by atoms with Crippen molar-refractivity contribution in [1.29, 1.82) is 0 Å². The number of sulfonamides is 1. The van der Waals surface area contributed by atoms with Crippen LogP contribution in [0.15, 0.2) is 29.2 Å². The average molecular weight is 425 g/mol. The number of carbonyl (C=O) groups excluding carboxylic acids is 2. The first-order valence-electron chi connectivity index (χ1n) is 10.2. The van der Waals surface area contributed by atoms with Crippen molar-refractivity contribution in [2.24, 2.45) is 0 Å². The van der Waals surface area contributed by atoms with Crippen LogP contribution in [0.4, 0.5) is 0 Å². The Morgan fingerprint density at radius 2 is 1.83 bits per heavy atom. The normalized spacial score (nSPS) is 18.1. The number of benzene rings is 1. The first-order valence-corrected chi connectivity index (χ1v) is 11.6. The zero-order chi connectivity index (χ0) is 21.8. The summed E-state index contributed by atoms with van der Waals surface area (Å²) in [5, 5.41) is 0. The third kappa shape index (κ3) is 5.57. The summed E-state index contributed by atoms with van der Waals surface area (Å²) in [6, 6.07) is 5.73. The van der Waals surface area contributed by atoms with Crippen molar-refractivity contribution in [3.8, 4) is 0 Å². The Balaban J connectivity index is 2.12. The minimum Gasteiger partial charge on any atom is -0.452 e. The van der Waals surface area contributed by atoms with Gasteiger partial charge in [0.25, 0.3) is 5.91 Å². The van der Waals surface area contributed by atoms with Crippen LogP contribution >= 0.6 is 0 Å². The van der Waals surface area contributed by atoms with Crippen molar-refractivity contribution in [3.05, 3.63) is 29.8 Å². The minimum atomic E-state index is -3.68. The number of rotatable bonds is 7. The minimum absolute atomic E-state index is 0.0128. The lowest BCUT2D eigenvalue weighted by Crippen LogP contribution is -2.44. The predicted molar refractivity (Wildman–Crippen MR) is 111 cm³/mol. The fourth-order valence-electron chi connectivity index (χ4n) is 3.81. The van der Waals surface area contributed by atoms with Gasteiger partial charge in [-0.3, -0.25) is 4.79 Å². The fraction of sp³-hybridized carbons (Fsp3) is 0.619. The van der Waals surface area contributed by atoms with E-state index < -0.39 is 16.0 Å². The highest BCUT2D eigenvalue weighted by Gasteiger charge is 2.31. The number of ether oxygens (including phenoxy) is 1. The second-order valence-corrected chi connectivity index (χ2v) is 9.94. The standard InChI is InChI=1S/C21H32N2O5S/c1-15(2)23(16(3)4)20(24)14-28-21(25)18-10-8-11-19(13-18)29(26,27)22-12-7-6-9-17(22)5/h8,10-11,13,15-17H,6-7,9,12,14H2,1-5H3/t17-/m1/s1. The molecule has 1 aliphatic rings. The fourth-order valence-corrected chi connectivity index (χ4v) is 5.55. The number of hydrogen-bond donors (Lipinski definition) is 0. The molecule has 0 bridgehead atoms. The molecule has 1 heterocycles. The average Bonchev–Trinajstić information content (AvgIpc) is 2.65. The molecule has 1 atom stereocenters. The zero-order valence-corrected chi connectivity index (χ0v) is 18.7. The van der Waals surface area contributed by atoms with Gasteiger partial charge in [0.1, 0.15) is 0 Å². The van der Waals surface area contributed by atoms with E-state index in [0.717, 1.165) is 19.3 Å². The van der Waals surface area contributed by atoms with Crippen LogP contribution in [0.25, 0.3) is 0 Å². The van der Waals surface area contributed by atoms with Crippen molar-refractivity contribution >= 4 is 21.9 Å². The highest BCUT2D eigenvalue weighted by Crippen LogP contribution is 2.25. The molecule has 0 unspecified atom stereocenters. The van der Waals surface area contributed by atoms with Crippen LogP contribution in [-0.4, -0.2) is 60.8 Å². The maximum Gasteiger partial charge on any atom is 0.338 e. The van der Waals surface area contributed by atoms with Gasteiger partial charge in [-0.1, -0.05) is 12.5 Å². The lowest BCUT2D eigenvalue weighted by molar-refractivity contribution is -0.138. The second kappa shape index (κ2) is 9.71. The molecule has 0 aliphatic carbocycles. The molecule has 1 amide bonds. The number of piperidine rings is 1. The third-order valence-corrected chi connectivity index (χ3v) is 7.16. The highest BCUT2D eigenvalue weighted by atomic mass is 32.2. The SMILES string of the molecule is CC(C)N(C(=O)COC(=O)c1cccc(S(=O)(=O)N2CCCC[C@H]2C)c1)C(C)C. The molecular formula is C21H32N2O5S. The summed E-state index contributed by atoms with van der Waals surface area (Å²) < 4.78 is 32.6. The van der Waals surface area contributed by atoms with Crippen LogP contribution in [0.1, 0.15) is 64.2 Å². The van der Waals surface area contributed by atoms with E-state index in [2.05, 4.69) is 0 Å². The number of carbonyl (C=O) groups is 2. The summed E-state index contributed by atoms with van der Waals surface area (Å²) in [5.74, 6) is -0.996. The van der Waals surface area contributed by atoms with Crippen molar-refractivity contribution in [3.63, 3.8) is 0 Å². The van der Waals surface area contributed by atoms with Crippen molar-refractivity contribution in [1.82, 2.24) is 9.21 Å². The smallest absolute Gasteiger partial charge is 0.338 e. The molecule has 0 radical (unpaired) electrons. The van der Waals surface area contributed by atoms with Gasteiger partial charge in [-0.2, -0.15) is 4.31 Å². The van der Waals surface area contributed by atoms with Gasteiger partial charge < -0.3 is 9.64 Å². The van der Waals surface area contributed by atoms with E-state index >= 15 is 0 Å². The van der Waals surface area contributed by atoms with Crippen molar-refractivity contribution < 1.29 is 22.7 Å². The first-order chi connectivity index (χ1) is 13.6. The van der Waals surface area contributed by atoms with E-state index in [0.29, 0.717) is 6.54 Å². The van der Waals surface area contributed by atoms with Gasteiger partial charge in [-0.25, -0.2) is 13.2 Å². The molecule has 0 spiro atoms. The van der Waals surface area contributed by atoms with Crippen LogP contribution in [-0.2, 0) is 19.6 Å². The molecule has 29 heavy (non-hydrogen) atoms. The van der Waals surface area contributed by atoms with E-state index in [1.54, 1.807) is 4.90 Å². The first kappa shape index (κ1) is 23.3. The van der Waals surface area contributed by atoms with Crippen LogP contribution in [0.3, 0.4) is 0 Å².